The Morgan fingerprint density at radius 1 is 0.500 bits per heavy atom. The topological polar surface area (TPSA) is 20.2 Å². The van der Waals surface area contributed by atoms with Crippen molar-refractivity contribution < 1.29 is 0 Å². The number of hydrogen-bond donors (Lipinski definition) is 1. The average Bonchev–Trinajstić information content (AvgIpc) is 3.49. The van der Waals surface area contributed by atoms with E-state index in [9.17, 15) is 0 Å². The van der Waals surface area contributed by atoms with Crippen molar-refractivity contribution in [2.75, 3.05) is 4.90 Å². The first kappa shape index (κ1) is 25.4. The Bertz CT molecular complexity index is 2130. The lowest BCUT2D eigenvalue weighted by Crippen LogP contribution is -2.57. The molecule has 2 heterocycles. The van der Waals surface area contributed by atoms with E-state index in [4.69, 9.17) is 0 Å². The molecule has 1 aliphatic carbocycles. The van der Waals surface area contributed by atoms with Crippen LogP contribution in [0.15, 0.2) is 146 Å². The molecule has 2 unspecified atom stereocenters. The molecule has 2 aliphatic rings. The zero-order valence-corrected chi connectivity index (χ0v) is 24.9. The third kappa shape index (κ3) is 3.60. The number of benzene rings is 6. The lowest BCUT2D eigenvalue weighted by atomic mass is 9.82. The standard InChI is InChI=1S/C41H33N3/c1-41(2)35-19-11-9-17-31(35)33-25-34-32-18-10-12-20-37(32)43(38(34)26-36(33)41)29-21-23-30(24-22-29)44-39(27-13-5-3-6-14-27)42-40(44)28-15-7-4-8-16-28/h3-26,39-40,42H,1-2H3. The SMILES string of the molecule is CC1(C)c2ccccc2-c2cc3c4ccccc4n(-c4ccc(N5C(c6ccccc6)NC5c5ccccc5)cc4)c3cc21. The van der Waals surface area contributed by atoms with Crippen molar-refractivity contribution in [3.63, 3.8) is 0 Å². The second kappa shape index (κ2) is 9.44. The van der Waals surface area contributed by atoms with Gasteiger partial charge in [-0.2, -0.15) is 0 Å². The van der Waals surface area contributed by atoms with Crippen LogP contribution in [0.2, 0.25) is 0 Å². The fourth-order valence-corrected chi connectivity index (χ4v) is 7.67. The highest BCUT2D eigenvalue weighted by Gasteiger charge is 2.40. The summed E-state index contributed by atoms with van der Waals surface area (Å²) in [7, 11) is 0. The van der Waals surface area contributed by atoms with Gasteiger partial charge in [-0.1, -0.05) is 117 Å². The highest BCUT2D eigenvalue weighted by Crippen LogP contribution is 2.51. The summed E-state index contributed by atoms with van der Waals surface area (Å²) in [6.07, 6.45) is 0.235. The van der Waals surface area contributed by atoms with E-state index in [1.807, 2.05) is 0 Å². The van der Waals surface area contributed by atoms with E-state index in [0.29, 0.717) is 0 Å². The predicted octanol–water partition coefficient (Wildman–Crippen LogP) is 9.90. The normalized spacial score (nSPS) is 18.3. The minimum Gasteiger partial charge on any atom is -0.332 e. The minimum absolute atomic E-state index is 0.0470. The molecule has 0 saturated carbocycles. The molecule has 6 aromatic carbocycles. The molecule has 0 bridgehead atoms. The van der Waals surface area contributed by atoms with E-state index in [1.54, 1.807) is 0 Å². The Morgan fingerprint density at radius 3 is 1.80 bits per heavy atom. The maximum Gasteiger partial charge on any atom is 0.109 e. The van der Waals surface area contributed by atoms with Gasteiger partial charge in [0, 0.05) is 27.6 Å². The Labute approximate surface area is 258 Å². The van der Waals surface area contributed by atoms with Crippen molar-refractivity contribution >= 4 is 27.5 Å². The highest BCUT2D eigenvalue weighted by atomic mass is 15.5. The monoisotopic (exact) mass is 567 g/mol. The molecule has 1 fully saturated rings. The van der Waals surface area contributed by atoms with Crippen molar-refractivity contribution in [3.05, 3.63) is 168 Å². The molecule has 0 amide bonds. The summed E-state index contributed by atoms with van der Waals surface area (Å²) >= 11 is 0. The summed E-state index contributed by atoms with van der Waals surface area (Å²) in [6, 6.07) is 53.2. The average molecular weight is 568 g/mol. The predicted molar refractivity (Wildman–Crippen MR) is 182 cm³/mol. The van der Waals surface area contributed by atoms with Crippen LogP contribution in [0.25, 0.3) is 38.6 Å². The van der Waals surface area contributed by atoms with Crippen LogP contribution in [0.5, 0.6) is 0 Å². The third-order valence-corrected chi connectivity index (χ3v) is 9.88. The molecule has 1 N–H and O–H groups in total. The number of fused-ring (bicyclic) bond motifs is 6. The summed E-state index contributed by atoms with van der Waals surface area (Å²) in [6.45, 7) is 4.72. The molecule has 1 aromatic heterocycles. The lowest BCUT2D eigenvalue weighted by molar-refractivity contribution is 0.276. The van der Waals surface area contributed by atoms with Crippen LogP contribution in [-0.4, -0.2) is 4.57 Å². The minimum atomic E-state index is -0.0470. The third-order valence-electron chi connectivity index (χ3n) is 9.88. The van der Waals surface area contributed by atoms with Crippen molar-refractivity contribution in [1.82, 2.24) is 9.88 Å². The molecule has 2 atom stereocenters. The quantitative estimate of drug-likeness (QED) is 0.228. The van der Waals surface area contributed by atoms with E-state index < -0.39 is 0 Å². The van der Waals surface area contributed by atoms with Crippen molar-refractivity contribution in [1.29, 1.82) is 0 Å². The number of nitrogens with zero attached hydrogens (tertiary/aromatic N) is 2. The van der Waals surface area contributed by atoms with E-state index in [0.717, 1.165) is 0 Å². The maximum atomic E-state index is 3.81. The zero-order valence-electron chi connectivity index (χ0n) is 24.9. The Morgan fingerprint density at radius 2 is 1.09 bits per heavy atom. The van der Waals surface area contributed by atoms with Crippen LogP contribution in [-0.2, 0) is 5.41 Å². The first-order valence-electron chi connectivity index (χ1n) is 15.5. The molecule has 1 saturated heterocycles. The molecule has 44 heavy (non-hydrogen) atoms. The number of hydrogen-bond acceptors (Lipinski definition) is 2. The van der Waals surface area contributed by atoms with Gasteiger partial charge in [0.25, 0.3) is 0 Å². The molecule has 1 aliphatic heterocycles. The van der Waals surface area contributed by atoms with Crippen molar-refractivity contribution in [3.8, 4) is 16.8 Å². The Hall–Kier alpha value is -5.12. The van der Waals surface area contributed by atoms with E-state index in [-0.39, 0.29) is 17.7 Å². The molecule has 0 spiro atoms. The number of anilines is 1. The Kier molecular flexibility index (Phi) is 5.45. The fraction of sp³-hybridized carbons (Fsp3) is 0.122. The van der Waals surface area contributed by atoms with Gasteiger partial charge in [-0.25, -0.2) is 0 Å². The van der Waals surface area contributed by atoms with Crippen LogP contribution in [0, 0.1) is 0 Å². The molecule has 0 radical (unpaired) electrons. The van der Waals surface area contributed by atoms with Crippen LogP contribution >= 0.6 is 0 Å². The summed E-state index contributed by atoms with van der Waals surface area (Å²) < 4.78 is 2.45. The van der Waals surface area contributed by atoms with Gasteiger partial charge in [-0.3, -0.25) is 5.32 Å². The van der Waals surface area contributed by atoms with Crippen LogP contribution in [0.1, 0.15) is 48.4 Å². The molecule has 3 heteroatoms. The van der Waals surface area contributed by atoms with Gasteiger partial charge in [0.05, 0.1) is 11.0 Å². The second-order valence-corrected chi connectivity index (χ2v) is 12.7. The van der Waals surface area contributed by atoms with Gasteiger partial charge < -0.3 is 9.47 Å². The number of aromatic nitrogens is 1. The summed E-state index contributed by atoms with van der Waals surface area (Å²) in [5.41, 5.74) is 12.9. The first-order valence-corrected chi connectivity index (χ1v) is 15.5. The molecular formula is C41H33N3. The summed E-state index contributed by atoms with van der Waals surface area (Å²) in [5.74, 6) is 0. The molecule has 9 rings (SSSR count). The van der Waals surface area contributed by atoms with Crippen LogP contribution < -0.4 is 10.2 Å². The largest absolute Gasteiger partial charge is 0.332 e. The molecular weight excluding hydrogens is 534 g/mol. The first-order chi connectivity index (χ1) is 21.6. The number of rotatable bonds is 4. The van der Waals surface area contributed by atoms with E-state index >= 15 is 0 Å². The lowest BCUT2D eigenvalue weighted by Gasteiger charge is -2.51. The van der Waals surface area contributed by atoms with Gasteiger partial charge in [0.1, 0.15) is 12.3 Å². The zero-order chi connectivity index (χ0) is 29.4. The molecule has 212 valence electrons. The van der Waals surface area contributed by atoms with Crippen LogP contribution in [0.3, 0.4) is 0 Å². The summed E-state index contributed by atoms with van der Waals surface area (Å²) in [4.78, 5) is 2.49. The van der Waals surface area contributed by atoms with Gasteiger partial charge in [-0.05, 0) is 75.8 Å². The van der Waals surface area contributed by atoms with Gasteiger partial charge in [-0.15, -0.1) is 0 Å². The van der Waals surface area contributed by atoms with Gasteiger partial charge in [0.15, 0.2) is 0 Å². The summed E-state index contributed by atoms with van der Waals surface area (Å²) in [5, 5.41) is 6.40. The fourth-order valence-electron chi connectivity index (χ4n) is 7.67. The number of para-hydroxylation sites is 1. The molecule has 7 aromatic rings. The second-order valence-electron chi connectivity index (χ2n) is 12.7. The van der Waals surface area contributed by atoms with Crippen molar-refractivity contribution in [2.24, 2.45) is 0 Å². The highest BCUT2D eigenvalue weighted by molar-refractivity contribution is 6.11. The van der Waals surface area contributed by atoms with E-state index in [2.05, 4.69) is 174 Å². The Balaban J connectivity index is 1.18. The smallest absolute Gasteiger partial charge is 0.109 e. The van der Waals surface area contributed by atoms with Crippen molar-refractivity contribution in [2.45, 2.75) is 31.6 Å². The maximum absolute atomic E-state index is 3.81. The van der Waals surface area contributed by atoms with Gasteiger partial charge >= 0.3 is 0 Å². The molecule has 3 nitrogen and oxygen atoms in total. The van der Waals surface area contributed by atoms with Gasteiger partial charge in [0.2, 0.25) is 0 Å². The van der Waals surface area contributed by atoms with Crippen LogP contribution in [0.4, 0.5) is 5.69 Å². The number of nitrogens with one attached hydrogen (secondary N) is 1. The van der Waals surface area contributed by atoms with E-state index in [1.165, 1.54) is 66.6 Å².